The number of nitrogens with one attached hydrogen (secondary N) is 1. The first kappa shape index (κ1) is 19.5. The van der Waals surface area contributed by atoms with Crippen LogP contribution in [0.15, 0.2) is 49.6 Å². The number of imidazole rings is 1. The van der Waals surface area contributed by atoms with Crippen molar-refractivity contribution in [2.45, 2.75) is 13.1 Å². The normalized spacial score (nSPS) is 11.6. The quantitative estimate of drug-likeness (QED) is 0.515. The smallest absolute Gasteiger partial charge is 0.417 e. The number of ether oxygens (including phenoxy) is 1. The summed E-state index contributed by atoms with van der Waals surface area (Å²) in [6.07, 6.45) is 1.01. The molecule has 3 aromatic heterocycles. The summed E-state index contributed by atoms with van der Waals surface area (Å²) in [5.41, 5.74) is 1.38. The van der Waals surface area contributed by atoms with E-state index in [1.807, 2.05) is 0 Å². The number of anilines is 2. The SMILES string of the molecule is C=Cc1cn2cc(C(F)(F)F)cc(Nc3ccc(-n4cnc(C)n4)c(OC)c3)c2n1. The highest BCUT2D eigenvalue weighted by atomic mass is 19.4. The van der Waals surface area contributed by atoms with E-state index < -0.39 is 11.7 Å². The zero-order chi connectivity index (χ0) is 21.5. The maximum absolute atomic E-state index is 13.4. The van der Waals surface area contributed by atoms with Gasteiger partial charge in [0.2, 0.25) is 0 Å². The molecule has 7 nitrogen and oxygen atoms in total. The van der Waals surface area contributed by atoms with Crippen molar-refractivity contribution in [1.29, 1.82) is 0 Å². The Labute approximate surface area is 169 Å². The van der Waals surface area contributed by atoms with Crippen molar-refractivity contribution in [1.82, 2.24) is 24.1 Å². The number of rotatable bonds is 5. The van der Waals surface area contributed by atoms with Crippen LogP contribution in [0.4, 0.5) is 24.5 Å². The second kappa shape index (κ2) is 7.21. The molecule has 0 aliphatic carbocycles. The van der Waals surface area contributed by atoms with E-state index in [4.69, 9.17) is 4.74 Å². The van der Waals surface area contributed by atoms with Crippen LogP contribution in [0.25, 0.3) is 17.4 Å². The van der Waals surface area contributed by atoms with Crippen molar-refractivity contribution in [3.05, 3.63) is 66.6 Å². The van der Waals surface area contributed by atoms with Crippen molar-refractivity contribution < 1.29 is 17.9 Å². The Morgan fingerprint density at radius 2 is 2.00 bits per heavy atom. The van der Waals surface area contributed by atoms with E-state index in [0.717, 1.165) is 12.3 Å². The summed E-state index contributed by atoms with van der Waals surface area (Å²) in [5.74, 6) is 1.07. The molecule has 0 spiro atoms. The number of methoxy groups -OCH3 is 1. The number of alkyl halides is 3. The molecule has 3 heterocycles. The standard InChI is InChI=1S/C20H17F3N6O/c1-4-14-10-28-9-13(20(21,22)23)7-16(19(28)26-14)25-15-5-6-17(18(8-15)30-3)29-11-24-12(2)27-29/h4-11,25H,1H2,2-3H3. The third-order valence-electron chi connectivity index (χ3n) is 4.42. The Morgan fingerprint density at radius 1 is 1.20 bits per heavy atom. The lowest BCUT2D eigenvalue weighted by atomic mass is 10.2. The lowest BCUT2D eigenvalue weighted by Gasteiger charge is -2.14. The number of fused-ring (bicyclic) bond motifs is 1. The predicted octanol–water partition coefficient (Wildman–Crippen LogP) is 4.64. The lowest BCUT2D eigenvalue weighted by Crippen LogP contribution is -2.08. The van der Waals surface area contributed by atoms with Gasteiger partial charge in [0.1, 0.15) is 23.6 Å². The molecular weight excluding hydrogens is 397 g/mol. The van der Waals surface area contributed by atoms with Gasteiger partial charge in [-0.15, -0.1) is 0 Å². The van der Waals surface area contributed by atoms with Gasteiger partial charge in [0.05, 0.1) is 24.1 Å². The third-order valence-corrected chi connectivity index (χ3v) is 4.42. The Morgan fingerprint density at radius 3 is 2.63 bits per heavy atom. The van der Waals surface area contributed by atoms with E-state index in [-0.39, 0.29) is 5.69 Å². The molecule has 10 heteroatoms. The third kappa shape index (κ3) is 3.59. The molecule has 0 radical (unpaired) electrons. The van der Waals surface area contributed by atoms with E-state index in [1.54, 1.807) is 36.1 Å². The molecule has 0 bridgehead atoms. The fourth-order valence-corrected chi connectivity index (χ4v) is 3.02. The number of hydrogen-bond donors (Lipinski definition) is 1. The molecule has 1 N–H and O–H groups in total. The van der Waals surface area contributed by atoms with Crippen LogP contribution < -0.4 is 10.1 Å². The molecule has 0 atom stereocenters. The van der Waals surface area contributed by atoms with Crippen LogP contribution in [0.3, 0.4) is 0 Å². The molecule has 30 heavy (non-hydrogen) atoms. The van der Waals surface area contributed by atoms with E-state index in [0.29, 0.717) is 34.3 Å². The second-order valence-electron chi connectivity index (χ2n) is 6.49. The Hall–Kier alpha value is -3.82. The lowest BCUT2D eigenvalue weighted by molar-refractivity contribution is -0.137. The van der Waals surface area contributed by atoms with Crippen LogP contribution >= 0.6 is 0 Å². The number of aromatic nitrogens is 5. The Balaban J connectivity index is 1.78. The van der Waals surface area contributed by atoms with E-state index in [1.165, 1.54) is 23.8 Å². The maximum atomic E-state index is 13.4. The summed E-state index contributed by atoms with van der Waals surface area (Å²) in [4.78, 5) is 8.41. The molecule has 0 saturated carbocycles. The fourth-order valence-electron chi connectivity index (χ4n) is 3.02. The summed E-state index contributed by atoms with van der Waals surface area (Å²) in [6, 6.07) is 6.14. The van der Waals surface area contributed by atoms with Crippen molar-refractivity contribution >= 4 is 23.1 Å². The molecule has 0 amide bonds. The minimum absolute atomic E-state index is 0.198. The fraction of sp³-hybridized carbons (Fsp3) is 0.150. The van der Waals surface area contributed by atoms with Gasteiger partial charge in [-0.1, -0.05) is 6.58 Å². The molecule has 1 aromatic carbocycles. The average molecular weight is 414 g/mol. The van der Waals surface area contributed by atoms with Crippen LogP contribution in [0.1, 0.15) is 17.1 Å². The summed E-state index contributed by atoms with van der Waals surface area (Å²) < 4.78 is 48.4. The number of hydrogen-bond acceptors (Lipinski definition) is 5. The Kier molecular flexibility index (Phi) is 4.69. The van der Waals surface area contributed by atoms with Crippen LogP contribution in [0.2, 0.25) is 0 Å². The van der Waals surface area contributed by atoms with Crippen molar-refractivity contribution in [3.8, 4) is 11.4 Å². The minimum atomic E-state index is -4.50. The minimum Gasteiger partial charge on any atom is -0.494 e. The van der Waals surface area contributed by atoms with Gasteiger partial charge in [0.15, 0.2) is 5.65 Å². The molecule has 0 aliphatic heterocycles. The maximum Gasteiger partial charge on any atom is 0.417 e. The highest BCUT2D eigenvalue weighted by molar-refractivity contribution is 5.77. The number of halogens is 3. The van der Waals surface area contributed by atoms with Crippen LogP contribution in [-0.4, -0.2) is 31.3 Å². The Bertz CT molecular complexity index is 1240. The number of nitrogens with zero attached hydrogens (tertiary/aromatic N) is 5. The van der Waals surface area contributed by atoms with Gasteiger partial charge in [-0.3, -0.25) is 0 Å². The molecule has 0 fully saturated rings. The highest BCUT2D eigenvalue weighted by Gasteiger charge is 2.32. The van der Waals surface area contributed by atoms with Gasteiger partial charge >= 0.3 is 6.18 Å². The molecular formula is C20H17F3N6O. The number of aryl methyl sites for hydroxylation is 1. The number of benzene rings is 1. The van der Waals surface area contributed by atoms with E-state index in [9.17, 15) is 13.2 Å². The van der Waals surface area contributed by atoms with Gasteiger partial charge in [-0.25, -0.2) is 14.6 Å². The first-order valence-electron chi connectivity index (χ1n) is 8.84. The van der Waals surface area contributed by atoms with Crippen molar-refractivity contribution in [2.24, 2.45) is 0 Å². The molecule has 0 aliphatic rings. The largest absolute Gasteiger partial charge is 0.494 e. The summed E-state index contributed by atoms with van der Waals surface area (Å²) >= 11 is 0. The van der Waals surface area contributed by atoms with Gasteiger partial charge in [0, 0.05) is 24.1 Å². The first-order valence-corrected chi connectivity index (χ1v) is 8.84. The molecule has 0 unspecified atom stereocenters. The highest BCUT2D eigenvalue weighted by Crippen LogP contribution is 2.34. The summed E-state index contributed by atoms with van der Waals surface area (Å²) in [5, 5.41) is 7.26. The zero-order valence-electron chi connectivity index (χ0n) is 16.1. The number of pyridine rings is 1. The van der Waals surface area contributed by atoms with Gasteiger partial charge < -0.3 is 14.5 Å². The topological polar surface area (TPSA) is 69.3 Å². The van der Waals surface area contributed by atoms with Crippen LogP contribution in [0.5, 0.6) is 5.75 Å². The monoisotopic (exact) mass is 414 g/mol. The zero-order valence-corrected chi connectivity index (χ0v) is 16.1. The predicted molar refractivity (Wildman–Crippen MR) is 106 cm³/mol. The average Bonchev–Trinajstić information content (AvgIpc) is 3.33. The van der Waals surface area contributed by atoms with Gasteiger partial charge in [-0.2, -0.15) is 18.3 Å². The van der Waals surface area contributed by atoms with Crippen LogP contribution in [0, 0.1) is 6.92 Å². The van der Waals surface area contributed by atoms with Crippen LogP contribution in [-0.2, 0) is 6.18 Å². The van der Waals surface area contributed by atoms with E-state index in [2.05, 4.69) is 27.0 Å². The summed E-state index contributed by atoms with van der Waals surface area (Å²) in [7, 11) is 1.50. The molecule has 0 saturated heterocycles. The van der Waals surface area contributed by atoms with Crippen molar-refractivity contribution in [3.63, 3.8) is 0 Å². The van der Waals surface area contributed by atoms with E-state index >= 15 is 0 Å². The molecule has 154 valence electrons. The van der Waals surface area contributed by atoms with Gasteiger partial charge in [-0.05, 0) is 31.2 Å². The molecule has 4 rings (SSSR count). The summed E-state index contributed by atoms with van der Waals surface area (Å²) in [6.45, 7) is 5.39. The van der Waals surface area contributed by atoms with Gasteiger partial charge in [0.25, 0.3) is 0 Å². The molecule has 4 aromatic rings. The van der Waals surface area contributed by atoms with Crippen molar-refractivity contribution in [2.75, 3.05) is 12.4 Å². The first-order chi connectivity index (χ1) is 14.3. The second-order valence-corrected chi connectivity index (χ2v) is 6.49.